The molecule has 118 valence electrons. The van der Waals surface area contributed by atoms with Gasteiger partial charge >= 0.3 is 0 Å². The second-order valence-corrected chi connectivity index (χ2v) is 6.74. The maximum atomic E-state index is 12.5. The van der Waals surface area contributed by atoms with Crippen molar-refractivity contribution in [3.63, 3.8) is 0 Å². The average molecular weight is 299 g/mol. The van der Waals surface area contributed by atoms with E-state index in [1.165, 1.54) is 32.1 Å². The predicted octanol–water partition coefficient (Wildman–Crippen LogP) is 4.14. The molecule has 1 aromatic carbocycles. The number of hydrogen-bond acceptors (Lipinski definition) is 2. The largest absolute Gasteiger partial charge is 0.312 e. The molecule has 1 aliphatic heterocycles. The second-order valence-electron chi connectivity index (χ2n) is 6.74. The highest BCUT2D eigenvalue weighted by atomic mass is 16.2. The van der Waals surface area contributed by atoms with Crippen molar-refractivity contribution in [3.8, 4) is 0 Å². The van der Waals surface area contributed by atoms with Crippen LogP contribution in [0.5, 0.6) is 0 Å². The Balaban J connectivity index is 1.62. The van der Waals surface area contributed by atoms with Crippen molar-refractivity contribution in [2.75, 3.05) is 11.4 Å². The van der Waals surface area contributed by atoms with Crippen LogP contribution in [0, 0.1) is 5.92 Å². The van der Waals surface area contributed by atoms with E-state index in [4.69, 9.17) is 0 Å². The maximum Gasteiger partial charge on any atom is 0.227 e. The lowest BCUT2D eigenvalue weighted by Gasteiger charge is -2.23. The van der Waals surface area contributed by atoms with E-state index < -0.39 is 0 Å². The lowest BCUT2D eigenvalue weighted by atomic mass is 9.86. The Hall–Kier alpha value is -1.64. The Bertz CT molecular complexity index is 573. The molecule has 3 rings (SSSR count). The molecular weight excluding hydrogens is 274 g/mol. The van der Waals surface area contributed by atoms with Crippen molar-refractivity contribution in [1.82, 2.24) is 0 Å². The van der Waals surface area contributed by atoms with Gasteiger partial charge in [0.05, 0.1) is 0 Å². The summed E-state index contributed by atoms with van der Waals surface area (Å²) in [6, 6.07) is 5.73. The molecule has 1 saturated carbocycles. The van der Waals surface area contributed by atoms with E-state index in [9.17, 15) is 9.59 Å². The molecule has 2 aliphatic rings. The van der Waals surface area contributed by atoms with Gasteiger partial charge in [0.25, 0.3) is 0 Å². The zero-order chi connectivity index (χ0) is 15.5. The Morgan fingerprint density at radius 2 is 1.95 bits per heavy atom. The number of carbonyl (C=O) groups is 2. The summed E-state index contributed by atoms with van der Waals surface area (Å²) in [5.41, 5.74) is 2.90. The second kappa shape index (κ2) is 6.64. The molecule has 0 unspecified atom stereocenters. The van der Waals surface area contributed by atoms with Crippen LogP contribution in [-0.4, -0.2) is 18.2 Å². The van der Waals surface area contributed by atoms with Gasteiger partial charge in [-0.15, -0.1) is 0 Å². The molecule has 1 aromatic rings. The third-order valence-corrected chi connectivity index (χ3v) is 5.17. The highest BCUT2D eigenvalue weighted by molar-refractivity contribution is 5.98. The van der Waals surface area contributed by atoms with Crippen LogP contribution >= 0.6 is 0 Å². The standard InChI is InChI=1S/C19H25NO2/c1-14(21)16-8-9-18-17(13-16)11-12-20(18)19(22)10-7-15-5-3-2-4-6-15/h8-9,13,15H,2-7,10-12H2,1H3. The minimum Gasteiger partial charge on any atom is -0.312 e. The summed E-state index contributed by atoms with van der Waals surface area (Å²) in [6.07, 6.45) is 9.19. The number of amides is 1. The smallest absolute Gasteiger partial charge is 0.227 e. The van der Waals surface area contributed by atoms with E-state index in [0.29, 0.717) is 6.42 Å². The van der Waals surface area contributed by atoms with Gasteiger partial charge in [-0.05, 0) is 49.4 Å². The van der Waals surface area contributed by atoms with Crippen LogP contribution in [0.2, 0.25) is 0 Å². The van der Waals surface area contributed by atoms with E-state index >= 15 is 0 Å². The van der Waals surface area contributed by atoms with Crippen LogP contribution in [0.25, 0.3) is 0 Å². The Kier molecular flexibility index (Phi) is 4.60. The number of carbonyl (C=O) groups excluding carboxylic acids is 2. The number of rotatable bonds is 4. The highest BCUT2D eigenvalue weighted by Gasteiger charge is 2.25. The van der Waals surface area contributed by atoms with Crippen molar-refractivity contribution in [3.05, 3.63) is 29.3 Å². The molecule has 0 aromatic heterocycles. The van der Waals surface area contributed by atoms with E-state index in [1.54, 1.807) is 6.92 Å². The van der Waals surface area contributed by atoms with Crippen LogP contribution < -0.4 is 4.90 Å². The monoisotopic (exact) mass is 299 g/mol. The fraction of sp³-hybridized carbons (Fsp3) is 0.579. The zero-order valence-corrected chi connectivity index (χ0v) is 13.4. The van der Waals surface area contributed by atoms with Gasteiger partial charge in [0.1, 0.15) is 0 Å². The van der Waals surface area contributed by atoms with Crippen LogP contribution in [0.4, 0.5) is 5.69 Å². The van der Waals surface area contributed by atoms with Gasteiger partial charge in [0, 0.05) is 24.2 Å². The number of ketones is 1. The van der Waals surface area contributed by atoms with Gasteiger partial charge in [-0.1, -0.05) is 32.1 Å². The van der Waals surface area contributed by atoms with Crippen LogP contribution in [0.15, 0.2) is 18.2 Å². The minimum absolute atomic E-state index is 0.0878. The summed E-state index contributed by atoms with van der Waals surface area (Å²) in [5.74, 6) is 1.09. The lowest BCUT2D eigenvalue weighted by Crippen LogP contribution is -2.29. The highest BCUT2D eigenvalue weighted by Crippen LogP contribution is 2.31. The van der Waals surface area contributed by atoms with E-state index in [1.807, 2.05) is 23.1 Å². The lowest BCUT2D eigenvalue weighted by molar-refractivity contribution is -0.118. The molecule has 22 heavy (non-hydrogen) atoms. The Morgan fingerprint density at radius 1 is 1.18 bits per heavy atom. The van der Waals surface area contributed by atoms with Crippen LogP contribution in [-0.2, 0) is 11.2 Å². The molecule has 0 atom stereocenters. The molecule has 1 amide bonds. The normalized spacial score (nSPS) is 18.3. The van der Waals surface area contributed by atoms with Crippen LogP contribution in [0.3, 0.4) is 0 Å². The van der Waals surface area contributed by atoms with Crippen LogP contribution in [0.1, 0.15) is 67.8 Å². The summed E-state index contributed by atoms with van der Waals surface area (Å²) in [6.45, 7) is 2.35. The van der Waals surface area contributed by atoms with Crippen molar-refractivity contribution in [2.24, 2.45) is 5.92 Å². The fourth-order valence-electron chi connectivity index (χ4n) is 3.82. The molecule has 1 aliphatic carbocycles. The molecular formula is C19H25NO2. The number of fused-ring (bicyclic) bond motifs is 1. The first-order chi connectivity index (χ1) is 10.6. The molecule has 0 N–H and O–H groups in total. The van der Waals surface area contributed by atoms with Gasteiger partial charge in [0.15, 0.2) is 5.78 Å². The zero-order valence-electron chi connectivity index (χ0n) is 13.4. The van der Waals surface area contributed by atoms with Gasteiger partial charge in [0.2, 0.25) is 5.91 Å². The third-order valence-electron chi connectivity index (χ3n) is 5.17. The summed E-state index contributed by atoms with van der Waals surface area (Å²) >= 11 is 0. The third kappa shape index (κ3) is 3.23. The van der Waals surface area contributed by atoms with Crippen molar-refractivity contribution >= 4 is 17.4 Å². The van der Waals surface area contributed by atoms with E-state index in [2.05, 4.69) is 0 Å². The molecule has 0 spiro atoms. The molecule has 0 radical (unpaired) electrons. The summed E-state index contributed by atoms with van der Waals surface area (Å²) < 4.78 is 0. The van der Waals surface area contributed by atoms with Gasteiger partial charge in [-0.2, -0.15) is 0 Å². The fourth-order valence-corrected chi connectivity index (χ4v) is 3.82. The van der Waals surface area contributed by atoms with Gasteiger partial charge in [-0.25, -0.2) is 0 Å². The molecule has 0 saturated heterocycles. The molecule has 0 bridgehead atoms. The summed E-state index contributed by atoms with van der Waals surface area (Å²) in [5, 5.41) is 0. The van der Waals surface area contributed by atoms with Gasteiger partial charge < -0.3 is 4.90 Å². The maximum absolute atomic E-state index is 12.5. The first-order valence-corrected chi connectivity index (χ1v) is 8.59. The topological polar surface area (TPSA) is 37.4 Å². The van der Waals surface area contributed by atoms with E-state index in [-0.39, 0.29) is 11.7 Å². The number of anilines is 1. The minimum atomic E-state index is 0.0878. The van der Waals surface area contributed by atoms with Crippen molar-refractivity contribution in [2.45, 2.75) is 58.3 Å². The molecule has 3 heteroatoms. The number of nitrogens with zero attached hydrogens (tertiary/aromatic N) is 1. The van der Waals surface area contributed by atoms with E-state index in [0.717, 1.165) is 42.1 Å². The summed E-state index contributed by atoms with van der Waals surface area (Å²) in [4.78, 5) is 25.9. The van der Waals surface area contributed by atoms with Crippen molar-refractivity contribution in [1.29, 1.82) is 0 Å². The average Bonchev–Trinajstić information content (AvgIpc) is 2.96. The Labute approximate surface area is 132 Å². The summed E-state index contributed by atoms with van der Waals surface area (Å²) in [7, 11) is 0. The number of Topliss-reactive ketones (excluding diaryl/α,β-unsaturated/α-hetero) is 1. The van der Waals surface area contributed by atoms with Crippen molar-refractivity contribution < 1.29 is 9.59 Å². The Morgan fingerprint density at radius 3 is 2.68 bits per heavy atom. The first-order valence-electron chi connectivity index (χ1n) is 8.59. The molecule has 3 nitrogen and oxygen atoms in total. The number of hydrogen-bond donors (Lipinski definition) is 0. The first kappa shape index (κ1) is 15.3. The quantitative estimate of drug-likeness (QED) is 0.784. The SMILES string of the molecule is CC(=O)c1ccc2c(c1)CCN2C(=O)CCC1CCCCC1. The molecule has 1 fully saturated rings. The predicted molar refractivity (Wildman–Crippen MR) is 88.3 cm³/mol. The molecule has 1 heterocycles. The number of benzene rings is 1. The van der Waals surface area contributed by atoms with Gasteiger partial charge in [-0.3, -0.25) is 9.59 Å².